The Bertz CT molecular complexity index is 490. The number of thioether (sulfide) groups is 1. The molecule has 1 rings (SSSR count). The fourth-order valence-electron chi connectivity index (χ4n) is 1.27. The van der Waals surface area contributed by atoms with Gasteiger partial charge in [-0.25, -0.2) is 8.78 Å². The van der Waals surface area contributed by atoms with Crippen LogP contribution in [0.25, 0.3) is 0 Å². The summed E-state index contributed by atoms with van der Waals surface area (Å²) < 4.78 is 31.1. The van der Waals surface area contributed by atoms with Gasteiger partial charge in [0, 0.05) is 10.5 Å². The molecule has 1 amide bonds. The molecule has 20 heavy (non-hydrogen) atoms. The third-order valence-corrected chi connectivity index (χ3v) is 3.56. The van der Waals surface area contributed by atoms with Gasteiger partial charge in [-0.1, -0.05) is 0 Å². The molecular weight excluding hydrogens is 356 g/mol. The summed E-state index contributed by atoms with van der Waals surface area (Å²) >= 11 is 4.01. The number of ether oxygens (including phenoxy) is 1. The predicted molar refractivity (Wildman–Crippen MR) is 76.6 cm³/mol. The highest BCUT2D eigenvalue weighted by atomic mass is 79.9. The van der Waals surface area contributed by atoms with Crippen LogP contribution >= 0.6 is 27.7 Å². The number of amides is 1. The minimum absolute atomic E-state index is 0.0360. The molecular formula is C12H12BrF2NO3S. The van der Waals surface area contributed by atoms with E-state index < -0.39 is 23.5 Å². The van der Waals surface area contributed by atoms with Gasteiger partial charge in [0.05, 0.1) is 23.8 Å². The molecule has 1 aromatic carbocycles. The van der Waals surface area contributed by atoms with Crippen molar-refractivity contribution in [2.45, 2.75) is 6.92 Å². The number of hydrogen-bond acceptors (Lipinski definition) is 4. The van der Waals surface area contributed by atoms with E-state index in [4.69, 9.17) is 4.74 Å². The Hall–Kier alpha value is -1.15. The van der Waals surface area contributed by atoms with E-state index in [9.17, 15) is 18.4 Å². The quantitative estimate of drug-likeness (QED) is 0.785. The van der Waals surface area contributed by atoms with E-state index in [0.29, 0.717) is 6.07 Å². The van der Waals surface area contributed by atoms with Gasteiger partial charge in [0.25, 0.3) is 0 Å². The maximum Gasteiger partial charge on any atom is 0.315 e. The number of esters is 1. The van der Waals surface area contributed by atoms with Crippen LogP contribution in [-0.2, 0) is 14.3 Å². The van der Waals surface area contributed by atoms with Crippen LogP contribution in [0.4, 0.5) is 14.5 Å². The van der Waals surface area contributed by atoms with Crippen LogP contribution in [0.5, 0.6) is 0 Å². The lowest BCUT2D eigenvalue weighted by Gasteiger charge is -2.08. The van der Waals surface area contributed by atoms with Gasteiger partial charge in [-0.3, -0.25) is 9.59 Å². The number of nitrogens with one attached hydrogen (secondary N) is 1. The van der Waals surface area contributed by atoms with Gasteiger partial charge in [-0.05, 0) is 28.9 Å². The third kappa shape index (κ3) is 5.46. The lowest BCUT2D eigenvalue weighted by Crippen LogP contribution is -2.17. The maximum absolute atomic E-state index is 13.5. The van der Waals surface area contributed by atoms with Crippen LogP contribution in [0.1, 0.15) is 6.92 Å². The Labute approximate surface area is 127 Å². The fraction of sp³-hybridized carbons (Fsp3) is 0.333. The summed E-state index contributed by atoms with van der Waals surface area (Å²) in [5, 5.41) is 2.31. The van der Waals surface area contributed by atoms with E-state index in [1.165, 1.54) is 0 Å². The van der Waals surface area contributed by atoms with Gasteiger partial charge in [-0.2, -0.15) is 0 Å². The number of carbonyl (C=O) groups is 2. The zero-order valence-electron chi connectivity index (χ0n) is 10.5. The Morgan fingerprint density at radius 2 is 2.05 bits per heavy atom. The minimum atomic E-state index is -0.874. The van der Waals surface area contributed by atoms with E-state index in [2.05, 4.69) is 21.2 Å². The number of carbonyl (C=O) groups excluding carboxylic acids is 2. The Balaban J connectivity index is 2.49. The summed E-state index contributed by atoms with van der Waals surface area (Å²) in [4.78, 5) is 22.6. The molecule has 0 saturated heterocycles. The summed E-state index contributed by atoms with van der Waals surface area (Å²) in [6, 6.07) is 1.72. The average Bonchev–Trinajstić information content (AvgIpc) is 2.34. The summed E-state index contributed by atoms with van der Waals surface area (Å²) in [6.45, 7) is 1.96. The molecule has 0 aromatic heterocycles. The third-order valence-electron chi connectivity index (χ3n) is 2.03. The van der Waals surface area contributed by atoms with Crippen molar-refractivity contribution in [1.82, 2.24) is 0 Å². The zero-order chi connectivity index (χ0) is 15.1. The van der Waals surface area contributed by atoms with Gasteiger partial charge >= 0.3 is 5.97 Å². The fourth-order valence-corrected chi connectivity index (χ4v) is 2.38. The standard InChI is InChI=1S/C12H12BrF2NO3S/c1-2-19-11(18)6-20-5-10(17)16-12-8(13)3-7(14)4-9(12)15/h3-4H,2,5-6H2,1H3,(H,16,17). The Morgan fingerprint density at radius 1 is 1.35 bits per heavy atom. The Morgan fingerprint density at radius 3 is 2.65 bits per heavy atom. The molecule has 0 heterocycles. The lowest BCUT2D eigenvalue weighted by molar-refractivity contribution is -0.139. The molecule has 1 N–H and O–H groups in total. The van der Waals surface area contributed by atoms with Gasteiger partial charge in [0.1, 0.15) is 5.82 Å². The number of benzene rings is 1. The summed E-state index contributed by atoms with van der Waals surface area (Å²) in [6.07, 6.45) is 0. The minimum Gasteiger partial charge on any atom is -0.465 e. The molecule has 0 spiro atoms. The van der Waals surface area contributed by atoms with E-state index >= 15 is 0 Å². The number of halogens is 3. The van der Waals surface area contributed by atoms with E-state index in [1.807, 2.05) is 0 Å². The largest absolute Gasteiger partial charge is 0.465 e. The van der Waals surface area contributed by atoms with Crippen molar-refractivity contribution in [3.63, 3.8) is 0 Å². The predicted octanol–water partition coefficient (Wildman–Crippen LogP) is 2.96. The van der Waals surface area contributed by atoms with E-state index in [-0.39, 0.29) is 28.3 Å². The first-order chi connectivity index (χ1) is 9.43. The SMILES string of the molecule is CCOC(=O)CSCC(=O)Nc1c(F)cc(F)cc1Br. The highest BCUT2D eigenvalue weighted by Crippen LogP contribution is 2.26. The molecule has 8 heteroatoms. The average molecular weight is 368 g/mol. The smallest absolute Gasteiger partial charge is 0.315 e. The second-order valence-corrected chi connectivity index (χ2v) is 5.43. The van der Waals surface area contributed by atoms with Crippen LogP contribution in [0.15, 0.2) is 16.6 Å². The van der Waals surface area contributed by atoms with Crippen molar-refractivity contribution in [2.24, 2.45) is 0 Å². The second kappa shape index (κ2) is 8.21. The van der Waals surface area contributed by atoms with Crippen molar-refractivity contribution in [3.8, 4) is 0 Å². The zero-order valence-corrected chi connectivity index (χ0v) is 12.9. The van der Waals surface area contributed by atoms with Crippen molar-refractivity contribution >= 4 is 45.3 Å². The van der Waals surface area contributed by atoms with Crippen molar-refractivity contribution < 1.29 is 23.1 Å². The Kier molecular flexibility index (Phi) is 6.94. The first-order valence-corrected chi connectivity index (χ1v) is 7.56. The number of rotatable bonds is 6. The monoisotopic (exact) mass is 367 g/mol. The molecule has 0 radical (unpaired) electrons. The molecule has 0 fully saturated rings. The highest BCUT2D eigenvalue weighted by Gasteiger charge is 2.13. The topological polar surface area (TPSA) is 55.4 Å². The van der Waals surface area contributed by atoms with Gasteiger partial charge in [0.15, 0.2) is 5.82 Å². The second-order valence-electron chi connectivity index (χ2n) is 3.59. The molecule has 0 aliphatic heterocycles. The molecule has 0 atom stereocenters. The van der Waals surface area contributed by atoms with Crippen LogP contribution in [0.2, 0.25) is 0 Å². The summed E-state index contributed by atoms with van der Waals surface area (Å²) in [7, 11) is 0. The highest BCUT2D eigenvalue weighted by molar-refractivity contribution is 9.10. The molecule has 0 saturated carbocycles. The maximum atomic E-state index is 13.5. The van der Waals surface area contributed by atoms with Crippen LogP contribution in [0, 0.1) is 11.6 Å². The number of hydrogen-bond donors (Lipinski definition) is 1. The molecule has 110 valence electrons. The van der Waals surface area contributed by atoms with Crippen molar-refractivity contribution in [3.05, 3.63) is 28.2 Å². The number of anilines is 1. The van der Waals surface area contributed by atoms with E-state index in [1.54, 1.807) is 6.92 Å². The first kappa shape index (κ1) is 16.9. The summed E-state index contributed by atoms with van der Waals surface area (Å²) in [5.74, 6) is -2.54. The molecule has 1 aromatic rings. The normalized spacial score (nSPS) is 10.2. The molecule has 0 unspecified atom stereocenters. The van der Waals surface area contributed by atoms with Gasteiger partial charge in [0.2, 0.25) is 5.91 Å². The molecule has 0 aliphatic carbocycles. The van der Waals surface area contributed by atoms with Crippen LogP contribution in [0.3, 0.4) is 0 Å². The lowest BCUT2D eigenvalue weighted by atomic mass is 10.3. The van der Waals surface area contributed by atoms with Crippen LogP contribution < -0.4 is 5.32 Å². The van der Waals surface area contributed by atoms with Gasteiger partial charge < -0.3 is 10.1 Å². The van der Waals surface area contributed by atoms with Crippen molar-refractivity contribution in [2.75, 3.05) is 23.4 Å². The first-order valence-electron chi connectivity index (χ1n) is 5.61. The molecule has 0 bridgehead atoms. The van der Waals surface area contributed by atoms with Crippen LogP contribution in [-0.4, -0.2) is 30.0 Å². The summed E-state index contributed by atoms with van der Waals surface area (Å²) in [5.41, 5.74) is -0.131. The molecule has 0 aliphatic rings. The molecule has 4 nitrogen and oxygen atoms in total. The van der Waals surface area contributed by atoms with Crippen molar-refractivity contribution in [1.29, 1.82) is 0 Å². The van der Waals surface area contributed by atoms with E-state index in [0.717, 1.165) is 17.8 Å². The van der Waals surface area contributed by atoms with Gasteiger partial charge in [-0.15, -0.1) is 11.8 Å².